The molecule has 1 saturated heterocycles. The number of nitrogens with zero attached hydrogens (tertiary/aromatic N) is 1. The summed E-state index contributed by atoms with van der Waals surface area (Å²) in [5.41, 5.74) is 5.93. The Labute approximate surface area is 85.6 Å². The smallest absolute Gasteiger partial charge is 0.223 e. The molecule has 0 unspecified atom stereocenters. The van der Waals surface area contributed by atoms with Crippen LogP contribution in [-0.2, 0) is 4.79 Å². The van der Waals surface area contributed by atoms with Crippen LogP contribution in [0, 0.1) is 5.41 Å². The maximum atomic E-state index is 11.9. The lowest BCUT2D eigenvalue weighted by molar-refractivity contribution is -0.134. The quantitative estimate of drug-likeness (QED) is 0.735. The van der Waals surface area contributed by atoms with Crippen LogP contribution in [-0.4, -0.2) is 30.4 Å². The van der Waals surface area contributed by atoms with E-state index in [9.17, 15) is 4.79 Å². The lowest BCUT2D eigenvalue weighted by Crippen LogP contribution is -2.42. The molecule has 1 amide bonds. The molecule has 1 heterocycles. The van der Waals surface area contributed by atoms with Gasteiger partial charge < -0.3 is 10.6 Å². The zero-order valence-corrected chi connectivity index (χ0v) is 8.80. The van der Waals surface area contributed by atoms with Crippen molar-refractivity contribution in [2.24, 2.45) is 11.1 Å². The average molecular weight is 196 g/mol. The average Bonchev–Trinajstić information content (AvgIpc) is 2.63. The van der Waals surface area contributed by atoms with Crippen molar-refractivity contribution in [3.05, 3.63) is 0 Å². The van der Waals surface area contributed by atoms with Crippen LogP contribution < -0.4 is 5.73 Å². The lowest BCUT2D eigenvalue weighted by Gasteiger charge is -2.41. The minimum absolute atomic E-state index is 0.180. The highest BCUT2D eigenvalue weighted by Crippen LogP contribution is 2.43. The van der Waals surface area contributed by atoms with Gasteiger partial charge in [-0.25, -0.2) is 0 Å². The Balaban J connectivity index is 1.86. The van der Waals surface area contributed by atoms with Gasteiger partial charge >= 0.3 is 0 Å². The van der Waals surface area contributed by atoms with Crippen molar-refractivity contribution in [3.8, 4) is 0 Å². The third-order valence-corrected chi connectivity index (χ3v) is 3.83. The van der Waals surface area contributed by atoms with Crippen molar-refractivity contribution in [2.75, 3.05) is 19.6 Å². The maximum absolute atomic E-state index is 11.9. The normalized spacial score (nSPS) is 24.8. The minimum atomic E-state index is 0.180. The SMILES string of the molecule is NCC1(CC(=O)N2CCCC2)CCC1. The second-order valence-electron chi connectivity index (χ2n) is 4.82. The largest absolute Gasteiger partial charge is 0.343 e. The zero-order valence-electron chi connectivity index (χ0n) is 8.80. The van der Waals surface area contributed by atoms with Gasteiger partial charge in [0.25, 0.3) is 0 Å². The predicted octanol–water partition coefficient (Wildman–Crippen LogP) is 1.13. The number of rotatable bonds is 3. The summed E-state index contributed by atoms with van der Waals surface area (Å²) >= 11 is 0. The van der Waals surface area contributed by atoms with Crippen LogP contribution in [0.4, 0.5) is 0 Å². The Morgan fingerprint density at radius 2 is 1.86 bits per heavy atom. The van der Waals surface area contributed by atoms with Crippen molar-refractivity contribution in [3.63, 3.8) is 0 Å². The minimum Gasteiger partial charge on any atom is -0.343 e. The number of carbonyl (C=O) groups excluding carboxylic acids is 1. The first-order valence-electron chi connectivity index (χ1n) is 5.74. The molecule has 0 spiro atoms. The van der Waals surface area contributed by atoms with Gasteiger partial charge in [-0.1, -0.05) is 6.42 Å². The summed E-state index contributed by atoms with van der Waals surface area (Å²) in [4.78, 5) is 13.9. The topological polar surface area (TPSA) is 46.3 Å². The molecule has 0 bridgehead atoms. The number of carbonyl (C=O) groups is 1. The molecule has 2 fully saturated rings. The Kier molecular flexibility index (Phi) is 2.77. The molecule has 0 aromatic heterocycles. The van der Waals surface area contributed by atoms with E-state index in [2.05, 4.69) is 0 Å². The van der Waals surface area contributed by atoms with E-state index in [1.54, 1.807) is 0 Å². The van der Waals surface area contributed by atoms with Gasteiger partial charge in [0.05, 0.1) is 0 Å². The summed E-state index contributed by atoms with van der Waals surface area (Å²) in [6.07, 6.45) is 6.63. The number of hydrogen-bond donors (Lipinski definition) is 1. The standard InChI is InChI=1S/C11H20N2O/c12-9-11(4-3-5-11)8-10(14)13-6-1-2-7-13/h1-9,12H2. The molecule has 2 aliphatic rings. The van der Waals surface area contributed by atoms with E-state index in [1.807, 2.05) is 4.90 Å². The highest BCUT2D eigenvalue weighted by molar-refractivity contribution is 5.77. The fraction of sp³-hybridized carbons (Fsp3) is 0.909. The summed E-state index contributed by atoms with van der Waals surface area (Å²) in [5, 5.41) is 0. The van der Waals surface area contributed by atoms with E-state index in [0.29, 0.717) is 18.9 Å². The Morgan fingerprint density at radius 1 is 1.21 bits per heavy atom. The molecule has 0 radical (unpaired) electrons. The van der Waals surface area contributed by atoms with Crippen molar-refractivity contribution in [2.45, 2.75) is 38.5 Å². The van der Waals surface area contributed by atoms with Gasteiger partial charge in [0.2, 0.25) is 5.91 Å². The molecule has 3 heteroatoms. The van der Waals surface area contributed by atoms with Gasteiger partial charge in [0.15, 0.2) is 0 Å². The number of nitrogens with two attached hydrogens (primary N) is 1. The highest BCUT2D eigenvalue weighted by atomic mass is 16.2. The second kappa shape index (κ2) is 3.89. The fourth-order valence-electron chi connectivity index (χ4n) is 2.53. The second-order valence-corrected chi connectivity index (χ2v) is 4.82. The summed E-state index contributed by atoms with van der Waals surface area (Å²) < 4.78 is 0. The van der Waals surface area contributed by atoms with E-state index >= 15 is 0 Å². The maximum Gasteiger partial charge on any atom is 0.223 e. The molecule has 0 atom stereocenters. The van der Waals surface area contributed by atoms with Gasteiger partial charge in [0.1, 0.15) is 0 Å². The first kappa shape index (κ1) is 9.97. The Bertz CT molecular complexity index is 212. The van der Waals surface area contributed by atoms with E-state index in [1.165, 1.54) is 19.3 Å². The van der Waals surface area contributed by atoms with Crippen molar-refractivity contribution < 1.29 is 4.79 Å². The summed E-state index contributed by atoms with van der Waals surface area (Å²) in [7, 11) is 0. The first-order valence-corrected chi connectivity index (χ1v) is 5.74. The molecule has 1 aliphatic heterocycles. The third-order valence-electron chi connectivity index (χ3n) is 3.83. The van der Waals surface area contributed by atoms with E-state index < -0.39 is 0 Å². The van der Waals surface area contributed by atoms with E-state index in [4.69, 9.17) is 5.73 Å². The van der Waals surface area contributed by atoms with Crippen LogP contribution in [0.15, 0.2) is 0 Å². The van der Waals surface area contributed by atoms with Crippen molar-refractivity contribution in [1.82, 2.24) is 4.90 Å². The van der Waals surface area contributed by atoms with Gasteiger partial charge in [0, 0.05) is 19.5 Å². The summed E-state index contributed by atoms with van der Waals surface area (Å²) in [6, 6.07) is 0. The molecule has 14 heavy (non-hydrogen) atoms. The number of hydrogen-bond acceptors (Lipinski definition) is 2. The molecule has 2 rings (SSSR count). The molecule has 2 N–H and O–H groups in total. The van der Waals surface area contributed by atoms with Crippen LogP contribution in [0.3, 0.4) is 0 Å². The van der Waals surface area contributed by atoms with Gasteiger partial charge in [-0.3, -0.25) is 4.79 Å². The molecule has 3 nitrogen and oxygen atoms in total. The van der Waals surface area contributed by atoms with Crippen molar-refractivity contribution in [1.29, 1.82) is 0 Å². The molecule has 0 aromatic rings. The summed E-state index contributed by atoms with van der Waals surface area (Å²) in [5.74, 6) is 0.340. The number of amides is 1. The Morgan fingerprint density at radius 3 is 2.29 bits per heavy atom. The molecule has 80 valence electrons. The monoisotopic (exact) mass is 196 g/mol. The van der Waals surface area contributed by atoms with Crippen LogP contribution in [0.1, 0.15) is 38.5 Å². The van der Waals surface area contributed by atoms with Crippen LogP contribution in [0.25, 0.3) is 0 Å². The number of likely N-dealkylation sites (tertiary alicyclic amines) is 1. The fourth-order valence-corrected chi connectivity index (χ4v) is 2.53. The van der Waals surface area contributed by atoms with Crippen LogP contribution >= 0.6 is 0 Å². The molecule has 1 aliphatic carbocycles. The van der Waals surface area contributed by atoms with Gasteiger partial charge in [-0.2, -0.15) is 0 Å². The Hall–Kier alpha value is -0.570. The summed E-state index contributed by atoms with van der Waals surface area (Å²) in [6.45, 7) is 2.63. The van der Waals surface area contributed by atoms with Crippen LogP contribution in [0.5, 0.6) is 0 Å². The van der Waals surface area contributed by atoms with Crippen LogP contribution in [0.2, 0.25) is 0 Å². The van der Waals surface area contributed by atoms with Gasteiger partial charge in [-0.05, 0) is 37.6 Å². The van der Waals surface area contributed by atoms with Gasteiger partial charge in [-0.15, -0.1) is 0 Å². The third kappa shape index (κ3) is 1.78. The highest BCUT2D eigenvalue weighted by Gasteiger charge is 2.38. The van der Waals surface area contributed by atoms with Crippen molar-refractivity contribution >= 4 is 5.91 Å². The molecule has 0 aromatic carbocycles. The van der Waals surface area contributed by atoms with E-state index in [-0.39, 0.29) is 5.41 Å². The molecular weight excluding hydrogens is 176 g/mol. The lowest BCUT2D eigenvalue weighted by atomic mass is 9.66. The molecular formula is C11H20N2O. The first-order chi connectivity index (χ1) is 6.76. The predicted molar refractivity (Wildman–Crippen MR) is 55.8 cm³/mol. The van der Waals surface area contributed by atoms with E-state index in [0.717, 1.165) is 25.9 Å². The zero-order chi connectivity index (χ0) is 10.0. The molecule has 1 saturated carbocycles.